The predicted octanol–water partition coefficient (Wildman–Crippen LogP) is 2.15. The van der Waals surface area contributed by atoms with Gasteiger partial charge in [-0.25, -0.2) is 0 Å². The molecule has 0 aliphatic heterocycles. The monoisotopic (exact) mass is 285 g/mol. The van der Waals surface area contributed by atoms with Crippen LogP contribution in [0.2, 0.25) is 0 Å². The molecule has 2 aromatic heterocycles. The Hall–Kier alpha value is -2.76. The fraction of sp³-hybridized carbons (Fsp3) is 0.200. The molecule has 2 N–H and O–H groups in total. The van der Waals surface area contributed by atoms with Crippen molar-refractivity contribution in [2.45, 2.75) is 13.0 Å². The van der Waals surface area contributed by atoms with Gasteiger partial charge in [0.15, 0.2) is 0 Å². The van der Waals surface area contributed by atoms with Gasteiger partial charge in [-0.2, -0.15) is 5.10 Å². The molecule has 0 saturated carbocycles. The second kappa shape index (κ2) is 5.70. The van der Waals surface area contributed by atoms with E-state index in [1.54, 1.807) is 18.3 Å². The summed E-state index contributed by atoms with van der Waals surface area (Å²) in [7, 11) is 0. The van der Waals surface area contributed by atoms with Gasteiger partial charge in [0.1, 0.15) is 11.3 Å². The van der Waals surface area contributed by atoms with Crippen LogP contribution in [0.25, 0.3) is 11.0 Å². The third kappa shape index (κ3) is 2.89. The number of carbonyl (C=O) groups excluding carboxylic acids is 1. The molecule has 0 atom stereocenters. The van der Waals surface area contributed by atoms with Gasteiger partial charge < -0.3 is 14.8 Å². The van der Waals surface area contributed by atoms with E-state index < -0.39 is 0 Å². The average Bonchev–Trinajstić information content (AvgIpc) is 3.14. The molecule has 108 valence electrons. The van der Waals surface area contributed by atoms with Gasteiger partial charge in [0.2, 0.25) is 0 Å². The minimum atomic E-state index is -0.232. The fourth-order valence-corrected chi connectivity index (χ4v) is 2.16. The summed E-state index contributed by atoms with van der Waals surface area (Å²) < 4.78 is 7.02. The highest BCUT2D eigenvalue weighted by Crippen LogP contribution is 2.27. The lowest BCUT2D eigenvalue weighted by Crippen LogP contribution is -2.25. The van der Waals surface area contributed by atoms with Crippen molar-refractivity contribution in [2.75, 3.05) is 6.54 Å². The number of amides is 1. The maximum atomic E-state index is 12.0. The van der Waals surface area contributed by atoms with Crippen LogP contribution >= 0.6 is 0 Å². The van der Waals surface area contributed by atoms with Gasteiger partial charge in [0, 0.05) is 31.0 Å². The summed E-state index contributed by atoms with van der Waals surface area (Å²) in [5.74, 6) is -0.188. The van der Waals surface area contributed by atoms with Crippen LogP contribution in [0.1, 0.15) is 16.8 Å². The molecule has 21 heavy (non-hydrogen) atoms. The van der Waals surface area contributed by atoms with Crippen LogP contribution in [0.4, 0.5) is 0 Å². The van der Waals surface area contributed by atoms with Gasteiger partial charge >= 0.3 is 0 Å². The highest BCUT2D eigenvalue weighted by Gasteiger charge is 2.11. The van der Waals surface area contributed by atoms with Crippen LogP contribution < -0.4 is 5.32 Å². The van der Waals surface area contributed by atoms with Crippen LogP contribution in [0.3, 0.4) is 0 Å². The first kappa shape index (κ1) is 13.2. The summed E-state index contributed by atoms with van der Waals surface area (Å²) in [6, 6.07) is 6.59. The Balaban J connectivity index is 1.58. The molecular weight excluding hydrogens is 270 g/mol. The van der Waals surface area contributed by atoms with E-state index in [2.05, 4.69) is 10.4 Å². The Morgan fingerprint density at radius 2 is 2.33 bits per heavy atom. The summed E-state index contributed by atoms with van der Waals surface area (Å²) in [6.07, 6.45) is 5.86. The number of rotatable bonds is 5. The van der Waals surface area contributed by atoms with Crippen LogP contribution in [-0.4, -0.2) is 27.3 Å². The zero-order valence-corrected chi connectivity index (χ0v) is 11.3. The number of phenols is 1. The van der Waals surface area contributed by atoms with Crippen molar-refractivity contribution in [1.29, 1.82) is 0 Å². The smallest absolute Gasteiger partial charge is 0.251 e. The van der Waals surface area contributed by atoms with E-state index in [4.69, 9.17) is 4.42 Å². The molecule has 0 bridgehead atoms. The molecule has 0 spiro atoms. The largest absolute Gasteiger partial charge is 0.507 e. The number of fused-ring (bicyclic) bond motifs is 1. The molecule has 3 aromatic rings. The van der Waals surface area contributed by atoms with E-state index in [1.165, 1.54) is 12.3 Å². The molecule has 6 nitrogen and oxygen atoms in total. The van der Waals surface area contributed by atoms with Crippen LogP contribution in [0.5, 0.6) is 5.75 Å². The first-order valence-corrected chi connectivity index (χ1v) is 6.70. The Labute approximate surface area is 121 Å². The summed E-state index contributed by atoms with van der Waals surface area (Å²) >= 11 is 0. The normalized spacial score (nSPS) is 10.9. The maximum absolute atomic E-state index is 12.0. The molecule has 0 fully saturated rings. The topological polar surface area (TPSA) is 80.3 Å². The molecule has 1 amide bonds. The second-order valence-electron chi connectivity index (χ2n) is 4.71. The lowest BCUT2D eigenvalue weighted by molar-refractivity contribution is 0.0952. The molecule has 2 heterocycles. The van der Waals surface area contributed by atoms with E-state index in [9.17, 15) is 9.90 Å². The summed E-state index contributed by atoms with van der Waals surface area (Å²) in [4.78, 5) is 12.0. The molecule has 0 unspecified atom stereocenters. The maximum Gasteiger partial charge on any atom is 0.251 e. The first-order valence-electron chi connectivity index (χ1n) is 6.70. The van der Waals surface area contributed by atoms with Crippen LogP contribution in [-0.2, 0) is 6.54 Å². The van der Waals surface area contributed by atoms with Crippen molar-refractivity contribution in [2.24, 2.45) is 0 Å². The number of aromatic hydroxyl groups is 1. The lowest BCUT2D eigenvalue weighted by Gasteiger charge is -2.06. The first-order chi connectivity index (χ1) is 10.2. The Morgan fingerprint density at radius 3 is 3.14 bits per heavy atom. The number of hydrogen-bond acceptors (Lipinski definition) is 4. The van der Waals surface area contributed by atoms with E-state index >= 15 is 0 Å². The Kier molecular flexibility index (Phi) is 3.59. The lowest BCUT2D eigenvalue weighted by atomic mass is 10.1. The molecule has 0 saturated heterocycles. The molecule has 0 aliphatic carbocycles. The SMILES string of the molecule is O=C(NCCCn1cccn1)c1cc(O)c2ccoc2c1. The number of phenolic OH excluding ortho intramolecular Hbond substituents is 1. The molecular formula is C15H15N3O3. The number of furan rings is 1. The number of benzene rings is 1. The number of aromatic nitrogens is 2. The molecule has 0 radical (unpaired) electrons. The van der Waals surface area contributed by atoms with Crippen molar-refractivity contribution in [3.05, 3.63) is 48.5 Å². The summed E-state index contributed by atoms with van der Waals surface area (Å²) in [5.41, 5.74) is 0.880. The summed E-state index contributed by atoms with van der Waals surface area (Å²) in [5, 5.41) is 17.3. The summed E-state index contributed by atoms with van der Waals surface area (Å²) in [6.45, 7) is 1.28. The van der Waals surface area contributed by atoms with Gasteiger partial charge in [0.05, 0.1) is 11.6 Å². The number of hydrogen-bond donors (Lipinski definition) is 2. The standard InChI is InChI=1S/C15H15N3O3/c19-13-9-11(10-14-12(13)3-8-21-14)15(20)16-4-1-6-18-7-2-5-17-18/h2-3,5,7-10,19H,1,4,6H2,(H,16,20). The minimum Gasteiger partial charge on any atom is -0.507 e. The van der Waals surface area contributed by atoms with Crippen LogP contribution in [0.15, 0.2) is 47.3 Å². The highest BCUT2D eigenvalue weighted by molar-refractivity contribution is 5.99. The zero-order valence-electron chi connectivity index (χ0n) is 11.3. The van der Waals surface area contributed by atoms with Gasteiger partial charge in [-0.3, -0.25) is 9.48 Å². The number of nitrogens with one attached hydrogen (secondary N) is 1. The number of nitrogens with zero attached hydrogens (tertiary/aromatic N) is 2. The predicted molar refractivity (Wildman–Crippen MR) is 77.1 cm³/mol. The molecule has 3 rings (SSSR count). The molecule has 6 heteroatoms. The van der Waals surface area contributed by atoms with E-state index in [0.717, 1.165) is 13.0 Å². The fourth-order valence-electron chi connectivity index (χ4n) is 2.16. The Bertz CT molecular complexity index is 747. The minimum absolute atomic E-state index is 0.0444. The Morgan fingerprint density at radius 1 is 1.43 bits per heavy atom. The number of aryl methyl sites for hydroxylation is 1. The second-order valence-corrected chi connectivity index (χ2v) is 4.71. The molecule has 1 aromatic carbocycles. The van der Waals surface area contributed by atoms with Crippen molar-refractivity contribution in [1.82, 2.24) is 15.1 Å². The number of carbonyl (C=O) groups is 1. The zero-order chi connectivity index (χ0) is 14.7. The van der Waals surface area contributed by atoms with Crippen molar-refractivity contribution >= 4 is 16.9 Å². The van der Waals surface area contributed by atoms with E-state index in [1.807, 2.05) is 16.9 Å². The van der Waals surface area contributed by atoms with Gasteiger partial charge in [-0.1, -0.05) is 0 Å². The van der Waals surface area contributed by atoms with Crippen molar-refractivity contribution < 1.29 is 14.3 Å². The van der Waals surface area contributed by atoms with Crippen molar-refractivity contribution in [3.63, 3.8) is 0 Å². The van der Waals surface area contributed by atoms with E-state index in [-0.39, 0.29) is 11.7 Å². The van der Waals surface area contributed by atoms with E-state index in [0.29, 0.717) is 23.1 Å². The average molecular weight is 285 g/mol. The van der Waals surface area contributed by atoms with Crippen molar-refractivity contribution in [3.8, 4) is 5.75 Å². The van der Waals surface area contributed by atoms with Gasteiger partial charge in [-0.05, 0) is 30.7 Å². The highest BCUT2D eigenvalue weighted by atomic mass is 16.3. The van der Waals surface area contributed by atoms with Crippen LogP contribution in [0, 0.1) is 0 Å². The van der Waals surface area contributed by atoms with Gasteiger partial charge in [-0.15, -0.1) is 0 Å². The third-order valence-electron chi connectivity index (χ3n) is 3.22. The van der Waals surface area contributed by atoms with Gasteiger partial charge in [0.25, 0.3) is 5.91 Å². The third-order valence-corrected chi connectivity index (χ3v) is 3.22. The quantitative estimate of drug-likeness (QED) is 0.704. The molecule has 0 aliphatic rings.